The maximum atomic E-state index is 12.5. The fraction of sp³-hybridized carbons (Fsp3) is 0.409. The Kier molecular flexibility index (Phi) is 7.38. The third-order valence-electron chi connectivity index (χ3n) is 5.51. The Bertz CT molecular complexity index is 1080. The van der Waals surface area contributed by atoms with Crippen LogP contribution in [-0.2, 0) is 14.3 Å². The molecule has 0 radical (unpaired) electrons. The predicted octanol–water partition coefficient (Wildman–Crippen LogP) is 0.606. The molecule has 34 heavy (non-hydrogen) atoms. The summed E-state index contributed by atoms with van der Waals surface area (Å²) in [7, 11) is 0. The van der Waals surface area contributed by atoms with Crippen LogP contribution < -0.4 is 26.0 Å². The zero-order valence-electron chi connectivity index (χ0n) is 18.8. The minimum Gasteiger partial charge on any atom is -0.378 e. The molecule has 2 aliphatic heterocycles. The molecule has 1 aromatic heterocycles. The molecule has 1 aromatic carbocycles. The van der Waals surface area contributed by atoms with Gasteiger partial charge in [0.2, 0.25) is 5.91 Å². The van der Waals surface area contributed by atoms with E-state index < -0.39 is 17.7 Å². The first-order chi connectivity index (χ1) is 16.4. The summed E-state index contributed by atoms with van der Waals surface area (Å²) in [5.74, 6) is -1.41. The van der Waals surface area contributed by atoms with Gasteiger partial charge in [0.05, 0.1) is 25.5 Å². The number of hydrogen-bond acceptors (Lipinski definition) is 8. The molecule has 0 atom stereocenters. The smallest absolute Gasteiger partial charge is 0.281 e. The highest BCUT2D eigenvalue weighted by molar-refractivity contribution is 7.17. The van der Waals surface area contributed by atoms with Crippen molar-refractivity contribution in [3.05, 3.63) is 40.4 Å². The van der Waals surface area contributed by atoms with Gasteiger partial charge in [-0.25, -0.2) is 4.98 Å². The summed E-state index contributed by atoms with van der Waals surface area (Å²) >= 11 is 1.25. The lowest BCUT2D eigenvalue weighted by molar-refractivity contribution is -0.121. The highest BCUT2D eigenvalue weighted by Gasteiger charge is 2.22. The van der Waals surface area contributed by atoms with Gasteiger partial charge in [-0.15, -0.1) is 0 Å². The molecule has 0 unspecified atom stereocenters. The first-order valence-electron chi connectivity index (χ1n) is 11.0. The van der Waals surface area contributed by atoms with E-state index in [1.54, 1.807) is 36.1 Å². The predicted molar refractivity (Wildman–Crippen MR) is 126 cm³/mol. The van der Waals surface area contributed by atoms with Crippen molar-refractivity contribution in [1.82, 2.24) is 21.2 Å². The topological polar surface area (TPSA) is 133 Å². The van der Waals surface area contributed by atoms with Crippen LogP contribution in [0.2, 0.25) is 0 Å². The second kappa shape index (κ2) is 10.6. The van der Waals surface area contributed by atoms with E-state index in [0.717, 1.165) is 17.2 Å². The Morgan fingerprint density at radius 2 is 1.79 bits per heavy atom. The van der Waals surface area contributed by atoms with Crippen LogP contribution in [0.25, 0.3) is 0 Å². The first-order valence-corrected chi connectivity index (χ1v) is 11.8. The average Bonchev–Trinajstić information content (AvgIpc) is 3.47. The molecule has 2 aliphatic rings. The minimum atomic E-state index is -0.573. The molecule has 12 heteroatoms. The molecule has 0 spiro atoms. The summed E-state index contributed by atoms with van der Waals surface area (Å²) in [6.07, 6.45) is 1.36. The Morgan fingerprint density at radius 1 is 1.06 bits per heavy atom. The molecule has 11 nitrogen and oxygen atoms in total. The molecule has 2 fully saturated rings. The van der Waals surface area contributed by atoms with Crippen molar-refractivity contribution in [3.63, 3.8) is 0 Å². The van der Waals surface area contributed by atoms with Crippen molar-refractivity contribution in [2.45, 2.75) is 19.8 Å². The number of benzene rings is 1. The Labute approximate surface area is 200 Å². The number of ether oxygens (including phenoxy) is 1. The standard InChI is InChI=1S/C22H26N6O5S/c1-14-19(34-22(24-14)27-9-11-33-12-10-27)21(32)26-25-17(29)13-23-20(31)15-4-6-16(7-5-15)28-8-2-3-18(28)30/h4-7H,2-3,8-13H2,1H3,(H,23,31)(H,25,29)(H,26,32). The van der Waals surface area contributed by atoms with Crippen molar-refractivity contribution in [2.75, 3.05) is 49.2 Å². The number of carbonyl (C=O) groups excluding carboxylic acids is 4. The van der Waals surface area contributed by atoms with Crippen LogP contribution >= 0.6 is 11.3 Å². The number of rotatable bonds is 6. The summed E-state index contributed by atoms with van der Waals surface area (Å²) in [5, 5.41) is 3.25. The van der Waals surface area contributed by atoms with Crippen LogP contribution in [0.3, 0.4) is 0 Å². The highest BCUT2D eigenvalue weighted by atomic mass is 32.1. The molecule has 4 amide bonds. The van der Waals surface area contributed by atoms with Crippen LogP contribution in [0, 0.1) is 6.92 Å². The van der Waals surface area contributed by atoms with E-state index in [1.807, 2.05) is 0 Å². The van der Waals surface area contributed by atoms with Crippen LogP contribution in [0.4, 0.5) is 10.8 Å². The van der Waals surface area contributed by atoms with Crippen molar-refractivity contribution in [3.8, 4) is 0 Å². The molecule has 4 rings (SSSR count). The van der Waals surface area contributed by atoms with Crippen molar-refractivity contribution >= 4 is 45.8 Å². The number of hydrazine groups is 1. The summed E-state index contributed by atoms with van der Waals surface area (Å²) in [6.45, 7) is 4.75. The van der Waals surface area contributed by atoms with Crippen molar-refractivity contribution in [1.29, 1.82) is 0 Å². The first kappa shape index (κ1) is 23.6. The van der Waals surface area contributed by atoms with Crippen molar-refractivity contribution in [2.24, 2.45) is 0 Å². The summed E-state index contributed by atoms with van der Waals surface area (Å²) < 4.78 is 5.33. The van der Waals surface area contributed by atoms with E-state index in [0.29, 0.717) is 55.4 Å². The molecule has 3 heterocycles. The molecule has 2 aromatic rings. The number of anilines is 2. The lowest BCUT2D eigenvalue weighted by Crippen LogP contribution is -2.46. The van der Waals surface area contributed by atoms with Crippen LogP contribution in [-0.4, -0.2) is 68.0 Å². The van der Waals surface area contributed by atoms with Gasteiger partial charge in [-0.3, -0.25) is 30.0 Å². The number of nitrogens with one attached hydrogen (secondary N) is 3. The third kappa shape index (κ3) is 5.51. The van der Waals surface area contributed by atoms with E-state index in [1.165, 1.54) is 11.3 Å². The molecule has 3 N–H and O–H groups in total. The maximum Gasteiger partial charge on any atom is 0.281 e. The van der Waals surface area contributed by atoms with Crippen LogP contribution in [0.15, 0.2) is 24.3 Å². The van der Waals surface area contributed by atoms with Gasteiger partial charge in [-0.2, -0.15) is 0 Å². The van der Waals surface area contributed by atoms with Gasteiger partial charge in [0.15, 0.2) is 5.13 Å². The van der Waals surface area contributed by atoms with Gasteiger partial charge >= 0.3 is 0 Å². The Balaban J connectivity index is 1.23. The number of thiazole rings is 1. The van der Waals surface area contributed by atoms with Crippen molar-refractivity contribution < 1.29 is 23.9 Å². The molecule has 0 bridgehead atoms. The van der Waals surface area contributed by atoms with Crippen LogP contribution in [0.5, 0.6) is 0 Å². The zero-order valence-corrected chi connectivity index (χ0v) is 19.6. The maximum absolute atomic E-state index is 12.5. The van der Waals surface area contributed by atoms with E-state index in [9.17, 15) is 19.2 Å². The zero-order chi connectivity index (χ0) is 24.1. The second-order valence-corrected chi connectivity index (χ2v) is 8.87. The lowest BCUT2D eigenvalue weighted by Gasteiger charge is -2.25. The van der Waals surface area contributed by atoms with Gasteiger partial charge in [0.25, 0.3) is 17.7 Å². The van der Waals surface area contributed by atoms with E-state index >= 15 is 0 Å². The quantitative estimate of drug-likeness (QED) is 0.510. The number of aromatic nitrogens is 1. The Hall–Kier alpha value is -3.51. The van der Waals surface area contributed by atoms with Gasteiger partial charge < -0.3 is 19.9 Å². The lowest BCUT2D eigenvalue weighted by atomic mass is 10.2. The fourth-order valence-corrected chi connectivity index (χ4v) is 4.70. The largest absolute Gasteiger partial charge is 0.378 e. The summed E-state index contributed by atoms with van der Waals surface area (Å²) in [5.41, 5.74) is 6.35. The molecule has 0 saturated carbocycles. The van der Waals surface area contributed by atoms with Gasteiger partial charge in [-0.05, 0) is 37.6 Å². The number of morpholine rings is 1. The third-order valence-corrected chi connectivity index (χ3v) is 6.73. The van der Waals surface area contributed by atoms with Gasteiger partial charge in [-0.1, -0.05) is 11.3 Å². The van der Waals surface area contributed by atoms with Gasteiger partial charge in [0, 0.05) is 37.3 Å². The molecule has 0 aliphatic carbocycles. The number of nitrogens with zero attached hydrogens (tertiary/aromatic N) is 3. The Morgan fingerprint density at radius 3 is 2.47 bits per heavy atom. The normalized spacial score (nSPS) is 15.9. The fourth-order valence-electron chi connectivity index (χ4n) is 3.69. The van der Waals surface area contributed by atoms with Gasteiger partial charge in [0.1, 0.15) is 4.88 Å². The van der Waals surface area contributed by atoms with E-state index in [-0.39, 0.29) is 12.5 Å². The summed E-state index contributed by atoms with van der Waals surface area (Å²) in [6, 6.07) is 6.63. The number of hydrogen-bond donors (Lipinski definition) is 3. The number of carbonyl (C=O) groups is 4. The molecular weight excluding hydrogens is 460 g/mol. The number of aryl methyl sites for hydroxylation is 1. The summed E-state index contributed by atoms with van der Waals surface area (Å²) in [4.78, 5) is 57.3. The van der Waals surface area contributed by atoms with E-state index in [2.05, 4.69) is 26.1 Å². The second-order valence-electron chi connectivity index (χ2n) is 7.89. The minimum absolute atomic E-state index is 0.0711. The highest BCUT2D eigenvalue weighted by Crippen LogP contribution is 2.26. The number of amides is 4. The molecule has 2 saturated heterocycles. The molecule has 180 valence electrons. The van der Waals surface area contributed by atoms with Crippen LogP contribution in [0.1, 0.15) is 38.6 Å². The molecular formula is C22H26N6O5S. The monoisotopic (exact) mass is 486 g/mol. The average molecular weight is 487 g/mol. The SMILES string of the molecule is Cc1nc(N2CCOCC2)sc1C(=O)NNC(=O)CNC(=O)c1ccc(N2CCCC2=O)cc1. The van der Waals surface area contributed by atoms with E-state index in [4.69, 9.17) is 4.74 Å².